The van der Waals surface area contributed by atoms with Gasteiger partial charge in [0.25, 0.3) is 5.56 Å². The molecule has 0 unspecified atom stereocenters. The lowest BCUT2D eigenvalue weighted by molar-refractivity contribution is -0.112. The summed E-state index contributed by atoms with van der Waals surface area (Å²) in [5.41, 5.74) is 1.43. The Morgan fingerprint density at radius 3 is 2.79 bits per heavy atom. The van der Waals surface area contributed by atoms with E-state index in [2.05, 4.69) is 20.4 Å². The molecule has 3 aromatic rings. The molecule has 0 amide bonds. The maximum absolute atomic E-state index is 12.5. The molecule has 2 N–H and O–H groups in total. The zero-order valence-electron chi connectivity index (χ0n) is 15.4. The van der Waals surface area contributed by atoms with Crippen LogP contribution in [0, 0.1) is 0 Å². The molecule has 154 valence electrons. The number of anilines is 1. The third kappa shape index (κ3) is 5.77. The number of nitrogens with one attached hydrogen (secondary N) is 2. The van der Waals surface area contributed by atoms with Crippen LogP contribution in [-0.2, 0) is 27.4 Å². The standard InChI is InChI=1S/C18H19Cl2N5O4/c19-13-2-1-12(9-14(13)20)10-21-18-23-15-11-22-25(16(15)17(27)24-18)3-5-28-7-8-29-6-4-26/h1-2,4,9,11H,3,5-8,10H2,(H2,21,23,24,27). The smallest absolute Gasteiger partial charge is 0.278 e. The topological polar surface area (TPSA) is 111 Å². The van der Waals surface area contributed by atoms with Crippen LogP contribution in [0.25, 0.3) is 11.0 Å². The van der Waals surface area contributed by atoms with Crippen LogP contribution in [0.1, 0.15) is 5.56 Å². The van der Waals surface area contributed by atoms with E-state index in [0.717, 1.165) is 5.56 Å². The maximum atomic E-state index is 12.5. The summed E-state index contributed by atoms with van der Waals surface area (Å²) in [6.07, 6.45) is 2.21. The first kappa shape index (κ1) is 21.3. The third-order valence-corrected chi connectivity index (χ3v) is 4.69. The molecule has 11 heteroatoms. The summed E-state index contributed by atoms with van der Waals surface area (Å²) in [5.74, 6) is 0.330. The molecule has 3 rings (SSSR count). The Balaban J connectivity index is 1.59. The molecule has 2 heterocycles. The first-order chi connectivity index (χ1) is 14.1. The lowest BCUT2D eigenvalue weighted by atomic mass is 10.2. The average molecular weight is 440 g/mol. The molecule has 0 aliphatic carbocycles. The molecule has 1 aromatic carbocycles. The molecule has 0 saturated heterocycles. The molecule has 29 heavy (non-hydrogen) atoms. The van der Waals surface area contributed by atoms with E-state index in [1.165, 1.54) is 10.9 Å². The van der Waals surface area contributed by atoms with Crippen LogP contribution >= 0.6 is 23.2 Å². The molecule has 0 saturated carbocycles. The number of ether oxygens (including phenoxy) is 2. The number of aromatic nitrogens is 4. The van der Waals surface area contributed by atoms with Gasteiger partial charge in [0.15, 0.2) is 5.52 Å². The lowest BCUT2D eigenvalue weighted by Gasteiger charge is -2.07. The zero-order valence-corrected chi connectivity index (χ0v) is 16.9. The third-order valence-electron chi connectivity index (χ3n) is 3.95. The summed E-state index contributed by atoms with van der Waals surface area (Å²) < 4.78 is 11.9. The van der Waals surface area contributed by atoms with Crippen molar-refractivity contribution in [3.05, 3.63) is 50.4 Å². The van der Waals surface area contributed by atoms with Crippen LogP contribution in [0.5, 0.6) is 0 Å². The highest BCUT2D eigenvalue weighted by atomic mass is 35.5. The number of fused-ring (bicyclic) bond motifs is 1. The lowest BCUT2D eigenvalue weighted by Crippen LogP contribution is -2.18. The predicted octanol–water partition coefficient (Wildman–Crippen LogP) is 2.27. The SMILES string of the molecule is O=CCOCCOCCn1ncc2nc(NCc3ccc(Cl)c(Cl)c3)[nH]c(=O)c21. The van der Waals surface area contributed by atoms with Gasteiger partial charge < -0.3 is 19.6 Å². The Labute approximate surface area is 175 Å². The van der Waals surface area contributed by atoms with Crippen LogP contribution < -0.4 is 10.9 Å². The van der Waals surface area contributed by atoms with Gasteiger partial charge in [-0.3, -0.25) is 14.5 Å². The molecule has 0 atom stereocenters. The molecule has 9 nitrogen and oxygen atoms in total. The van der Waals surface area contributed by atoms with Crippen LogP contribution in [-0.4, -0.2) is 52.5 Å². The molecule has 0 bridgehead atoms. The summed E-state index contributed by atoms with van der Waals surface area (Å²) in [7, 11) is 0. The van der Waals surface area contributed by atoms with Crippen molar-refractivity contribution >= 4 is 46.5 Å². The molecular weight excluding hydrogens is 421 g/mol. The Morgan fingerprint density at radius 1 is 1.17 bits per heavy atom. The van der Waals surface area contributed by atoms with E-state index >= 15 is 0 Å². The number of H-pyrrole nitrogens is 1. The number of carbonyl (C=O) groups is 1. The number of benzene rings is 1. The second kappa shape index (κ2) is 10.4. The minimum atomic E-state index is -0.307. The number of nitrogens with zero attached hydrogens (tertiary/aromatic N) is 3. The normalized spacial score (nSPS) is 11.1. The van der Waals surface area contributed by atoms with E-state index in [1.54, 1.807) is 12.1 Å². The van der Waals surface area contributed by atoms with Crippen molar-refractivity contribution in [3.8, 4) is 0 Å². The van der Waals surface area contributed by atoms with Gasteiger partial charge in [-0.05, 0) is 17.7 Å². The second-order valence-electron chi connectivity index (χ2n) is 5.97. The van der Waals surface area contributed by atoms with Crippen molar-refractivity contribution < 1.29 is 14.3 Å². The number of hydrogen-bond donors (Lipinski definition) is 2. The van der Waals surface area contributed by atoms with Crippen molar-refractivity contribution in [2.24, 2.45) is 0 Å². The van der Waals surface area contributed by atoms with Gasteiger partial charge in [0.2, 0.25) is 5.95 Å². The Bertz CT molecular complexity index is 1040. The number of aromatic amines is 1. The Morgan fingerprint density at radius 2 is 2.00 bits per heavy atom. The summed E-state index contributed by atoms with van der Waals surface area (Å²) in [6, 6.07) is 5.29. The van der Waals surface area contributed by atoms with Crippen molar-refractivity contribution in [2.45, 2.75) is 13.1 Å². The van der Waals surface area contributed by atoms with Crippen molar-refractivity contribution in [1.29, 1.82) is 0 Å². The largest absolute Gasteiger partial charge is 0.377 e. The fourth-order valence-electron chi connectivity index (χ4n) is 2.60. The summed E-state index contributed by atoms with van der Waals surface area (Å²) in [4.78, 5) is 29.7. The summed E-state index contributed by atoms with van der Waals surface area (Å²) in [5, 5.41) is 8.20. The molecule has 2 aromatic heterocycles. The number of carbonyl (C=O) groups excluding carboxylic acids is 1. The summed E-state index contributed by atoms with van der Waals surface area (Å²) in [6.45, 7) is 1.88. The Kier molecular flexibility index (Phi) is 7.59. The highest BCUT2D eigenvalue weighted by molar-refractivity contribution is 6.42. The van der Waals surface area contributed by atoms with E-state index in [9.17, 15) is 9.59 Å². The predicted molar refractivity (Wildman–Crippen MR) is 110 cm³/mol. The fraction of sp³-hybridized carbons (Fsp3) is 0.333. The van der Waals surface area contributed by atoms with E-state index < -0.39 is 0 Å². The monoisotopic (exact) mass is 439 g/mol. The average Bonchev–Trinajstić information content (AvgIpc) is 3.12. The number of halogens is 2. The van der Waals surface area contributed by atoms with Crippen LogP contribution in [0.2, 0.25) is 10.0 Å². The van der Waals surface area contributed by atoms with Gasteiger partial charge in [0.05, 0.1) is 42.6 Å². The van der Waals surface area contributed by atoms with Gasteiger partial charge in [-0.2, -0.15) is 5.10 Å². The number of hydrogen-bond acceptors (Lipinski definition) is 7. The molecule has 0 aliphatic rings. The Hall–Kier alpha value is -2.46. The molecule has 0 spiro atoms. The van der Waals surface area contributed by atoms with Crippen LogP contribution in [0.4, 0.5) is 5.95 Å². The summed E-state index contributed by atoms with van der Waals surface area (Å²) >= 11 is 11.9. The van der Waals surface area contributed by atoms with E-state index in [1.807, 2.05) is 6.07 Å². The first-order valence-electron chi connectivity index (χ1n) is 8.81. The van der Waals surface area contributed by atoms with Gasteiger partial charge in [-0.1, -0.05) is 29.3 Å². The maximum Gasteiger partial charge on any atom is 0.278 e. The second-order valence-corrected chi connectivity index (χ2v) is 6.79. The molecule has 0 aliphatic heterocycles. The molecule has 0 fully saturated rings. The highest BCUT2D eigenvalue weighted by Crippen LogP contribution is 2.22. The van der Waals surface area contributed by atoms with Gasteiger partial charge in [0, 0.05) is 6.54 Å². The molecular formula is C18H19Cl2N5O4. The van der Waals surface area contributed by atoms with Crippen molar-refractivity contribution in [3.63, 3.8) is 0 Å². The van der Waals surface area contributed by atoms with Gasteiger partial charge in [-0.15, -0.1) is 0 Å². The van der Waals surface area contributed by atoms with Gasteiger partial charge in [0.1, 0.15) is 18.4 Å². The highest BCUT2D eigenvalue weighted by Gasteiger charge is 2.10. The number of aldehydes is 1. The van der Waals surface area contributed by atoms with E-state index in [-0.39, 0.29) is 12.2 Å². The minimum absolute atomic E-state index is 0.0512. The molecule has 0 radical (unpaired) electrons. The minimum Gasteiger partial charge on any atom is -0.377 e. The van der Waals surface area contributed by atoms with Gasteiger partial charge >= 0.3 is 0 Å². The fourth-order valence-corrected chi connectivity index (χ4v) is 2.92. The zero-order chi connectivity index (χ0) is 20.6. The van der Waals surface area contributed by atoms with Crippen molar-refractivity contribution in [2.75, 3.05) is 31.7 Å². The first-order valence-corrected chi connectivity index (χ1v) is 9.57. The van der Waals surface area contributed by atoms with Crippen molar-refractivity contribution in [1.82, 2.24) is 19.7 Å². The van der Waals surface area contributed by atoms with E-state index in [0.29, 0.717) is 66.2 Å². The van der Waals surface area contributed by atoms with Crippen LogP contribution in [0.15, 0.2) is 29.2 Å². The quantitative estimate of drug-likeness (QED) is 0.348. The van der Waals surface area contributed by atoms with E-state index in [4.69, 9.17) is 32.7 Å². The van der Waals surface area contributed by atoms with Gasteiger partial charge in [-0.25, -0.2) is 4.98 Å². The number of rotatable bonds is 11. The van der Waals surface area contributed by atoms with Crippen LogP contribution in [0.3, 0.4) is 0 Å².